The fraction of sp³-hybridized carbons (Fsp3) is 0.483. The Bertz CT molecular complexity index is 2850. The minimum Gasteiger partial charge on any atom is -0.493 e. The lowest BCUT2D eigenvalue weighted by atomic mass is 9.85. The van der Waals surface area contributed by atoms with Crippen LogP contribution >= 0.6 is 11.3 Å². The van der Waals surface area contributed by atoms with Crippen LogP contribution in [0.5, 0.6) is 5.75 Å². The molecule has 2 aliphatic rings. The third kappa shape index (κ3) is 14.3. The van der Waals surface area contributed by atoms with Crippen molar-refractivity contribution in [1.82, 2.24) is 30.8 Å². The molecule has 402 valence electrons. The highest BCUT2D eigenvalue weighted by molar-refractivity contribution is 7.13. The Labute approximate surface area is 445 Å². The molecule has 75 heavy (non-hydrogen) atoms. The van der Waals surface area contributed by atoms with Gasteiger partial charge in [-0.15, -0.1) is 11.3 Å². The minimum atomic E-state index is -1.00. The number of likely N-dealkylation sites (tertiary alicyclic amines) is 1. The number of nitrogens with one attached hydrogen (secondary N) is 4. The van der Waals surface area contributed by atoms with E-state index in [0.29, 0.717) is 35.8 Å². The molecule has 2 unspecified atom stereocenters. The fourth-order valence-corrected chi connectivity index (χ4v) is 10.8. The normalized spacial score (nSPS) is 16.8. The van der Waals surface area contributed by atoms with Gasteiger partial charge in [0.15, 0.2) is 0 Å². The molecule has 17 heteroatoms. The Morgan fingerprint density at radius 3 is 2.29 bits per heavy atom. The molecule has 3 aromatic carbocycles. The van der Waals surface area contributed by atoms with Crippen molar-refractivity contribution in [2.75, 3.05) is 51.0 Å². The predicted octanol–water partition coefficient (Wildman–Crippen LogP) is 7.88. The van der Waals surface area contributed by atoms with Gasteiger partial charge < -0.3 is 50.1 Å². The summed E-state index contributed by atoms with van der Waals surface area (Å²) in [5, 5.41) is 19.6. The van der Waals surface area contributed by atoms with E-state index in [-0.39, 0.29) is 62.7 Å². The maximum absolute atomic E-state index is 14.2. The zero-order chi connectivity index (χ0) is 54.0. The molecule has 7 rings (SSSR count). The van der Waals surface area contributed by atoms with Crippen molar-refractivity contribution in [2.45, 2.75) is 131 Å². The average molecular weight is 1050 g/mol. The van der Waals surface area contributed by atoms with Gasteiger partial charge in [0.05, 0.1) is 40.4 Å². The zero-order valence-electron chi connectivity index (χ0n) is 45.0. The third-order valence-corrected chi connectivity index (χ3v) is 15.2. The van der Waals surface area contributed by atoms with Crippen LogP contribution in [0, 0.1) is 33.1 Å². The SMILES string of the molecule is CCN(c1cc(-c2ccc(OCCCCOCC(=O)NC(C(=O)N3C[C@H](O)C[C@H]3C(=O)NC(C)c3ccc(-c4scnc4C)cc3)C(C)(C)C)c(C(=O)NCc3c(C)cc(C)[nH]c3=O)c2)ccc1C)C1CCOCC1. The predicted molar refractivity (Wildman–Crippen MR) is 293 cm³/mol. The molecule has 4 amide bonds. The van der Waals surface area contributed by atoms with Crippen molar-refractivity contribution in [1.29, 1.82) is 0 Å². The second-order valence-electron chi connectivity index (χ2n) is 21.0. The maximum atomic E-state index is 14.2. The molecular weight excluding hydrogens is 971 g/mol. The molecule has 4 heterocycles. The van der Waals surface area contributed by atoms with Crippen molar-refractivity contribution in [3.63, 3.8) is 0 Å². The number of aryl methyl sites for hydroxylation is 4. The van der Waals surface area contributed by atoms with Crippen LogP contribution in [-0.4, -0.2) is 114 Å². The number of unbranched alkanes of at least 4 members (excludes halogenated alkanes) is 1. The van der Waals surface area contributed by atoms with Gasteiger partial charge in [-0.25, -0.2) is 4.98 Å². The molecule has 0 spiro atoms. The first kappa shape index (κ1) is 56.3. The summed E-state index contributed by atoms with van der Waals surface area (Å²) in [6.45, 7) is 19.8. The Kier molecular flexibility index (Phi) is 19.1. The number of rotatable bonds is 21. The van der Waals surface area contributed by atoms with E-state index in [4.69, 9.17) is 14.2 Å². The molecule has 5 N–H and O–H groups in total. The standard InChI is InChI=1S/C58H75N7O9S/c1-10-64(44-21-25-72-26-22-44)48-29-43(14-13-35(48)2)42-19-20-50(46(28-42)54(68)59-31-47-36(3)27-37(4)61-55(47)69)74-24-12-11-23-73-33-51(67)63-53(58(7,8)9)57(71)65-32-45(66)30-49(65)56(70)62-38(5)40-15-17-41(18-16-40)52-39(6)60-34-75-52/h13-20,27-29,34,38,44-45,49,53,66H,10-12,21-26,30-33H2,1-9H3,(H,59,68)(H,61,69)(H,62,70)(H,63,67)/t38?,45-,49+,53?/m1/s1. The van der Waals surface area contributed by atoms with E-state index in [2.05, 4.69) is 62.9 Å². The Balaban J connectivity index is 0.937. The molecule has 0 aliphatic carbocycles. The van der Waals surface area contributed by atoms with Gasteiger partial charge in [-0.05, 0) is 130 Å². The number of amides is 4. The highest BCUT2D eigenvalue weighted by atomic mass is 32.1. The first-order valence-electron chi connectivity index (χ1n) is 26.2. The second kappa shape index (κ2) is 25.4. The average Bonchev–Trinajstić information content (AvgIpc) is 4.00. The van der Waals surface area contributed by atoms with Gasteiger partial charge in [-0.3, -0.25) is 24.0 Å². The van der Waals surface area contributed by atoms with Crippen LogP contribution < -0.4 is 31.1 Å². The lowest BCUT2D eigenvalue weighted by Gasteiger charge is -2.36. The van der Waals surface area contributed by atoms with Crippen LogP contribution in [0.15, 0.2) is 77.0 Å². The quantitative estimate of drug-likeness (QED) is 0.0447. The van der Waals surface area contributed by atoms with E-state index in [1.807, 2.05) is 96.4 Å². The van der Waals surface area contributed by atoms with Gasteiger partial charge in [-0.2, -0.15) is 0 Å². The van der Waals surface area contributed by atoms with Crippen LogP contribution in [0.4, 0.5) is 5.69 Å². The molecule has 5 aromatic rings. The number of aliphatic hydroxyl groups is 1. The number of pyridine rings is 1. The van der Waals surface area contributed by atoms with Gasteiger partial charge >= 0.3 is 0 Å². The largest absolute Gasteiger partial charge is 0.493 e. The van der Waals surface area contributed by atoms with Crippen LogP contribution in [-0.2, 0) is 30.4 Å². The summed E-state index contributed by atoms with van der Waals surface area (Å²) < 4.78 is 17.7. The number of aliphatic hydroxyl groups excluding tert-OH is 1. The monoisotopic (exact) mass is 1050 g/mol. The summed E-state index contributed by atoms with van der Waals surface area (Å²) in [4.78, 5) is 80.3. The number of ether oxygens (including phenoxy) is 3. The summed E-state index contributed by atoms with van der Waals surface area (Å²) in [5.74, 6) is -1.33. The van der Waals surface area contributed by atoms with E-state index in [1.54, 1.807) is 17.4 Å². The van der Waals surface area contributed by atoms with E-state index in [9.17, 15) is 29.1 Å². The summed E-state index contributed by atoms with van der Waals surface area (Å²) in [5.41, 5.74) is 10.2. The number of β-amino-alcohol motifs (C(OH)–C–C–N with tert-alkyl or cyclic N) is 1. The third-order valence-electron chi connectivity index (χ3n) is 14.2. The molecule has 16 nitrogen and oxygen atoms in total. The Hall–Kier alpha value is -6.40. The lowest BCUT2D eigenvalue weighted by Crippen LogP contribution is -2.58. The topological polar surface area (TPSA) is 205 Å². The van der Waals surface area contributed by atoms with Gasteiger partial charge in [-0.1, -0.05) is 63.2 Å². The second-order valence-corrected chi connectivity index (χ2v) is 21.8. The smallest absolute Gasteiger partial charge is 0.255 e. The first-order valence-corrected chi connectivity index (χ1v) is 27.1. The number of anilines is 1. The highest BCUT2D eigenvalue weighted by Gasteiger charge is 2.45. The van der Waals surface area contributed by atoms with Crippen LogP contribution in [0.2, 0.25) is 0 Å². The molecule has 0 bridgehead atoms. The molecule has 2 aromatic heterocycles. The highest BCUT2D eigenvalue weighted by Crippen LogP contribution is 2.34. The number of aromatic nitrogens is 2. The lowest BCUT2D eigenvalue weighted by molar-refractivity contribution is -0.144. The summed E-state index contributed by atoms with van der Waals surface area (Å²) in [6, 6.07) is 19.8. The van der Waals surface area contributed by atoms with Gasteiger partial charge in [0, 0.05) is 68.9 Å². The minimum absolute atomic E-state index is 0.0364. The van der Waals surface area contributed by atoms with Crippen molar-refractivity contribution < 1.29 is 38.5 Å². The summed E-state index contributed by atoms with van der Waals surface area (Å²) >= 11 is 1.57. The molecular formula is C58H75N7O9S. The van der Waals surface area contributed by atoms with Crippen molar-refractivity contribution in [3.05, 3.63) is 122 Å². The van der Waals surface area contributed by atoms with E-state index in [1.165, 1.54) is 10.5 Å². The number of thiazole rings is 1. The Morgan fingerprint density at radius 1 is 0.920 bits per heavy atom. The Morgan fingerprint density at radius 2 is 1.61 bits per heavy atom. The number of hydrogen-bond acceptors (Lipinski definition) is 12. The number of H-pyrrole nitrogens is 1. The van der Waals surface area contributed by atoms with Crippen molar-refractivity contribution >= 4 is 40.7 Å². The molecule has 2 aliphatic heterocycles. The van der Waals surface area contributed by atoms with Crippen molar-refractivity contribution in [2.24, 2.45) is 5.41 Å². The number of benzene rings is 3. The van der Waals surface area contributed by atoms with Crippen LogP contribution in [0.25, 0.3) is 21.6 Å². The van der Waals surface area contributed by atoms with Crippen LogP contribution in [0.1, 0.15) is 117 Å². The van der Waals surface area contributed by atoms with E-state index in [0.717, 1.165) is 82.4 Å². The molecule has 0 radical (unpaired) electrons. The maximum Gasteiger partial charge on any atom is 0.255 e. The van der Waals surface area contributed by atoms with Gasteiger partial charge in [0.1, 0.15) is 24.4 Å². The molecule has 2 saturated heterocycles. The number of carbonyl (C=O) groups is 4. The van der Waals surface area contributed by atoms with Gasteiger partial charge in [0.2, 0.25) is 17.7 Å². The number of carbonyl (C=O) groups excluding carboxylic acids is 4. The molecule has 0 saturated carbocycles. The molecule has 2 fully saturated rings. The first-order chi connectivity index (χ1) is 35.8. The van der Waals surface area contributed by atoms with E-state index >= 15 is 0 Å². The molecule has 4 atom stereocenters. The summed E-state index contributed by atoms with van der Waals surface area (Å²) in [7, 11) is 0. The summed E-state index contributed by atoms with van der Waals surface area (Å²) in [6.07, 6.45) is 2.17. The number of aromatic amines is 1. The van der Waals surface area contributed by atoms with Crippen molar-refractivity contribution in [3.8, 4) is 27.3 Å². The van der Waals surface area contributed by atoms with E-state index < -0.39 is 35.4 Å². The van der Waals surface area contributed by atoms with Crippen LogP contribution in [0.3, 0.4) is 0 Å². The zero-order valence-corrected chi connectivity index (χ0v) is 45.8. The number of hydrogen-bond donors (Lipinski definition) is 5. The number of nitrogens with zero attached hydrogens (tertiary/aromatic N) is 3. The fourth-order valence-electron chi connectivity index (χ4n) is 9.97. The van der Waals surface area contributed by atoms with Gasteiger partial charge in [0.25, 0.3) is 11.5 Å².